The molecule has 0 saturated carbocycles. The zero-order chi connectivity index (χ0) is 11.1. The third kappa shape index (κ3) is 2.79. The van der Waals surface area contributed by atoms with E-state index in [0.29, 0.717) is 18.1 Å². The van der Waals surface area contributed by atoms with E-state index in [9.17, 15) is 0 Å². The van der Waals surface area contributed by atoms with Crippen LogP contribution >= 0.6 is 0 Å². The van der Waals surface area contributed by atoms with Gasteiger partial charge in [-0.15, -0.1) is 0 Å². The lowest BCUT2D eigenvalue weighted by atomic mass is 10.2. The Kier molecular flexibility index (Phi) is 4.31. The number of hydrogen-bond donors (Lipinski definition) is 0. The second kappa shape index (κ2) is 5.78. The van der Waals surface area contributed by atoms with Crippen LogP contribution in [0.3, 0.4) is 0 Å². The van der Waals surface area contributed by atoms with E-state index >= 15 is 0 Å². The van der Waals surface area contributed by atoms with E-state index < -0.39 is 0 Å². The van der Waals surface area contributed by atoms with Crippen molar-refractivity contribution >= 4 is 0 Å². The van der Waals surface area contributed by atoms with Gasteiger partial charge in [-0.1, -0.05) is 17.2 Å². The molecule has 0 amide bonds. The fourth-order valence-electron chi connectivity index (χ4n) is 1.29. The van der Waals surface area contributed by atoms with Crippen LogP contribution in [0.15, 0.2) is 23.3 Å². The highest BCUT2D eigenvalue weighted by molar-refractivity contribution is 5.46. The van der Waals surface area contributed by atoms with Crippen molar-refractivity contribution in [2.75, 3.05) is 13.7 Å². The van der Waals surface area contributed by atoms with Gasteiger partial charge in [-0.25, -0.2) is 0 Å². The van der Waals surface area contributed by atoms with E-state index in [1.54, 1.807) is 7.11 Å². The van der Waals surface area contributed by atoms with Crippen molar-refractivity contribution in [2.24, 2.45) is 5.11 Å². The SMILES string of the molecule is CCOc1cccc(CN=[N+]=[N-])c1OC. The van der Waals surface area contributed by atoms with Gasteiger partial charge in [-0.2, -0.15) is 0 Å². The highest BCUT2D eigenvalue weighted by atomic mass is 16.5. The molecule has 5 heteroatoms. The van der Waals surface area contributed by atoms with E-state index in [0.717, 1.165) is 5.56 Å². The monoisotopic (exact) mass is 207 g/mol. The van der Waals surface area contributed by atoms with Crippen LogP contribution in [-0.4, -0.2) is 13.7 Å². The molecule has 0 aromatic heterocycles. The van der Waals surface area contributed by atoms with Crippen molar-refractivity contribution < 1.29 is 9.47 Å². The van der Waals surface area contributed by atoms with Crippen LogP contribution in [0.25, 0.3) is 10.4 Å². The molecule has 0 unspecified atom stereocenters. The van der Waals surface area contributed by atoms with Crippen LogP contribution < -0.4 is 9.47 Å². The predicted octanol–water partition coefficient (Wildman–Crippen LogP) is 2.90. The number of ether oxygens (including phenoxy) is 2. The molecule has 0 aliphatic heterocycles. The topological polar surface area (TPSA) is 67.2 Å². The van der Waals surface area contributed by atoms with Gasteiger partial charge in [-0.3, -0.25) is 0 Å². The van der Waals surface area contributed by atoms with Gasteiger partial charge >= 0.3 is 0 Å². The summed E-state index contributed by atoms with van der Waals surface area (Å²) in [7, 11) is 1.57. The van der Waals surface area contributed by atoms with Gasteiger partial charge in [0.15, 0.2) is 11.5 Å². The van der Waals surface area contributed by atoms with Gasteiger partial charge < -0.3 is 9.47 Å². The van der Waals surface area contributed by atoms with Crippen molar-refractivity contribution in [3.05, 3.63) is 34.2 Å². The molecule has 0 heterocycles. The molecule has 0 radical (unpaired) electrons. The standard InChI is InChI=1S/C10H13N3O2/c1-3-15-9-6-4-5-8(7-12-13-11)10(9)14-2/h4-6H,3,7H2,1-2H3. The van der Waals surface area contributed by atoms with Crippen molar-refractivity contribution in [1.82, 2.24) is 0 Å². The average Bonchev–Trinajstić information content (AvgIpc) is 2.27. The van der Waals surface area contributed by atoms with Crippen molar-refractivity contribution in [1.29, 1.82) is 0 Å². The second-order valence-electron chi connectivity index (χ2n) is 2.77. The highest BCUT2D eigenvalue weighted by Crippen LogP contribution is 2.31. The highest BCUT2D eigenvalue weighted by Gasteiger charge is 2.08. The fourth-order valence-corrected chi connectivity index (χ4v) is 1.29. The first-order chi connectivity index (χ1) is 7.33. The third-order valence-corrected chi connectivity index (χ3v) is 1.87. The minimum atomic E-state index is 0.264. The number of hydrogen-bond acceptors (Lipinski definition) is 3. The summed E-state index contributed by atoms with van der Waals surface area (Å²) in [4.78, 5) is 2.71. The van der Waals surface area contributed by atoms with Gasteiger partial charge in [0.05, 0.1) is 20.3 Å². The minimum absolute atomic E-state index is 0.264. The van der Waals surface area contributed by atoms with Crippen LogP contribution in [0.1, 0.15) is 12.5 Å². The molecule has 0 bridgehead atoms. The summed E-state index contributed by atoms with van der Waals surface area (Å²) < 4.78 is 10.6. The molecule has 0 spiro atoms. The first-order valence-electron chi connectivity index (χ1n) is 4.63. The quantitative estimate of drug-likeness (QED) is 0.423. The molecule has 1 aromatic rings. The Labute approximate surface area is 88.3 Å². The lowest BCUT2D eigenvalue weighted by Gasteiger charge is -2.11. The Morgan fingerprint density at radius 2 is 2.27 bits per heavy atom. The Bertz CT molecular complexity index is 373. The maximum Gasteiger partial charge on any atom is 0.164 e. The van der Waals surface area contributed by atoms with Crippen LogP contribution in [-0.2, 0) is 6.54 Å². The summed E-state index contributed by atoms with van der Waals surface area (Å²) in [6, 6.07) is 5.51. The molecular formula is C10H13N3O2. The zero-order valence-electron chi connectivity index (χ0n) is 8.80. The molecular weight excluding hydrogens is 194 g/mol. The maximum atomic E-state index is 8.25. The summed E-state index contributed by atoms with van der Waals surface area (Å²) in [6.07, 6.45) is 0. The summed E-state index contributed by atoms with van der Waals surface area (Å²) in [5.74, 6) is 1.30. The summed E-state index contributed by atoms with van der Waals surface area (Å²) in [5, 5.41) is 3.50. The van der Waals surface area contributed by atoms with E-state index in [2.05, 4.69) is 10.0 Å². The lowest BCUT2D eigenvalue weighted by Crippen LogP contribution is -1.98. The molecule has 0 aliphatic carbocycles. The fraction of sp³-hybridized carbons (Fsp3) is 0.400. The van der Waals surface area contributed by atoms with E-state index in [-0.39, 0.29) is 6.54 Å². The first kappa shape index (κ1) is 11.2. The van der Waals surface area contributed by atoms with E-state index in [1.807, 2.05) is 25.1 Å². The van der Waals surface area contributed by atoms with Crippen LogP contribution in [0.5, 0.6) is 11.5 Å². The Hall–Kier alpha value is -1.87. The molecule has 0 fully saturated rings. The maximum absolute atomic E-state index is 8.25. The summed E-state index contributed by atoms with van der Waals surface area (Å²) >= 11 is 0. The number of para-hydroxylation sites is 1. The van der Waals surface area contributed by atoms with Gasteiger partial charge in [0.2, 0.25) is 0 Å². The zero-order valence-corrected chi connectivity index (χ0v) is 8.80. The van der Waals surface area contributed by atoms with E-state index in [4.69, 9.17) is 15.0 Å². The number of rotatable bonds is 5. The molecule has 0 aliphatic rings. The largest absolute Gasteiger partial charge is 0.493 e. The minimum Gasteiger partial charge on any atom is -0.493 e. The second-order valence-corrected chi connectivity index (χ2v) is 2.77. The molecule has 1 rings (SSSR count). The number of nitrogens with zero attached hydrogens (tertiary/aromatic N) is 3. The van der Waals surface area contributed by atoms with Gasteiger partial charge in [0.1, 0.15) is 0 Å². The number of azide groups is 1. The smallest absolute Gasteiger partial charge is 0.164 e. The molecule has 80 valence electrons. The molecule has 1 aromatic carbocycles. The van der Waals surface area contributed by atoms with Gasteiger partial charge in [-0.05, 0) is 18.5 Å². The molecule has 5 nitrogen and oxygen atoms in total. The Morgan fingerprint density at radius 1 is 1.47 bits per heavy atom. The third-order valence-electron chi connectivity index (χ3n) is 1.87. The van der Waals surface area contributed by atoms with Gasteiger partial charge in [0, 0.05) is 10.5 Å². The van der Waals surface area contributed by atoms with Crippen LogP contribution in [0, 0.1) is 0 Å². The Balaban J connectivity index is 3.03. The normalized spacial score (nSPS) is 9.20. The van der Waals surface area contributed by atoms with Gasteiger partial charge in [0.25, 0.3) is 0 Å². The van der Waals surface area contributed by atoms with Crippen molar-refractivity contribution in [3.8, 4) is 11.5 Å². The predicted molar refractivity (Wildman–Crippen MR) is 57.0 cm³/mol. The van der Waals surface area contributed by atoms with Crippen LogP contribution in [0.2, 0.25) is 0 Å². The van der Waals surface area contributed by atoms with Crippen molar-refractivity contribution in [3.63, 3.8) is 0 Å². The van der Waals surface area contributed by atoms with Crippen LogP contribution in [0.4, 0.5) is 0 Å². The summed E-state index contributed by atoms with van der Waals surface area (Å²) in [6.45, 7) is 2.74. The molecule has 0 saturated heterocycles. The Morgan fingerprint density at radius 3 is 2.87 bits per heavy atom. The average molecular weight is 207 g/mol. The lowest BCUT2D eigenvalue weighted by molar-refractivity contribution is 0.309. The number of methoxy groups -OCH3 is 1. The summed E-state index contributed by atoms with van der Waals surface area (Å²) in [5.41, 5.74) is 9.07. The number of benzene rings is 1. The van der Waals surface area contributed by atoms with E-state index in [1.165, 1.54) is 0 Å². The first-order valence-corrected chi connectivity index (χ1v) is 4.63. The molecule has 0 N–H and O–H groups in total. The molecule has 0 atom stereocenters. The van der Waals surface area contributed by atoms with Crippen molar-refractivity contribution in [2.45, 2.75) is 13.5 Å². The molecule has 15 heavy (non-hydrogen) atoms.